The second-order valence-corrected chi connectivity index (χ2v) is 6.64. The molecule has 0 aliphatic heterocycles. The highest BCUT2D eigenvalue weighted by atomic mass is 35.5. The van der Waals surface area contributed by atoms with Gasteiger partial charge in [-0.15, -0.1) is 11.3 Å². The van der Waals surface area contributed by atoms with E-state index in [4.69, 9.17) is 11.6 Å². The topological polar surface area (TPSA) is 37.8 Å². The average Bonchev–Trinajstić information content (AvgIpc) is 3.03. The van der Waals surface area contributed by atoms with Gasteiger partial charge in [0, 0.05) is 11.1 Å². The lowest BCUT2D eigenvalue weighted by Crippen LogP contribution is -1.97. The Morgan fingerprint density at radius 1 is 1.32 bits per heavy atom. The number of hydrogen-bond acceptors (Lipinski definition) is 5. The number of hydrogen-bond donors (Lipinski definition) is 1. The van der Waals surface area contributed by atoms with Gasteiger partial charge in [0.25, 0.3) is 0 Å². The Bertz CT molecular complexity index is 705. The van der Waals surface area contributed by atoms with Crippen LogP contribution in [-0.2, 0) is 13.0 Å². The second-order valence-electron chi connectivity index (χ2n) is 4.03. The van der Waals surface area contributed by atoms with Crippen LogP contribution < -0.4 is 5.32 Å². The fraction of sp³-hybridized carbons (Fsp3) is 0.231. The fourth-order valence-corrected chi connectivity index (χ4v) is 3.69. The van der Waals surface area contributed by atoms with Gasteiger partial charge >= 0.3 is 0 Å². The number of aryl methyl sites for hydroxylation is 1. The normalized spacial score (nSPS) is 11.1. The number of benzene rings is 1. The van der Waals surface area contributed by atoms with Crippen molar-refractivity contribution in [2.24, 2.45) is 0 Å². The molecule has 3 aromatic rings. The van der Waals surface area contributed by atoms with E-state index in [1.807, 2.05) is 24.4 Å². The van der Waals surface area contributed by atoms with E-state index in [0.717, 1.165) is 31.8 Å². The van der Waals surface area contributed by atoms with E-state index < -0.39 is 0 Å². The number of nitrogens with zero attached hydrogens (tertiary/aromatic N) is 2. The molecule has 6 heteroatoms. The van der Waals surface area contributed by atoms with Crippen molar-refractivity contribution in [3.05, 3.63) is 39.3 Å². The monoisotopic (exact) mass is 309 g/mol. The van der Waals surface area contributed by atoms with Gasteiger partial charge in [0.15, 0.2) is 5.13 Å². The summed E-state index contributed by atoms with van der Waals surface area (Å²) in [6.07, 6.45) is 2.98. The molecule has 1 N–H and O–H groups in total. The van der Waals surface area contributed by atoms with Crippen LogP contribution in [0.2, 0.25) is 5.02 Å². The first-order valence-electron chi connectivity index (χ1n) is 5.98. The van der Waals surface area contributed by atoms with Gasteiger partial charge in [-0.25, -0.2) is 9.97 Å². The minimum absolute atomic E-state index is 0.710. The Morgan fingerprint density at radius 3 is 2.95 bits per heavy atom. The van der Waals surface area contributed by atoms with Crippen LogP contribution in [0.1, 0.15) is 16.8 Å². The number of thiazole rings is 2. The highest BCUT2D eigenvalue weighted by Crippen LogP contribution is 2.32. The molecule has 0 saturated heterocycles. The second kappa shape index (κ2) is 5.45. The van der Waals surface area contributed by atoms with Gasteiger partial charge in [0.05, 0.1) is 21.8 Å². The van der Waals surface area contributed by atoms with Crippen LogP contribution in [0.25, 0.3) is 10.2 Å². The molecule has 0 radical (unpaired) electrons. The molecule has 19 heavy (non-hydrogen) atoms. The lowest BCUT2D eigenvalue weighted by molar-refractivity contribution is 1.09. The third kappa shape index (κ3) is 2.73. The summed E-state index contributed by atoms with van der Waals surface area (Å²) in [5.74, 6) is 0. The summed E-state index contributed by atoms with van der Waals surface area (Å²) in [5.41, 5.74) is 0.938. The molecule has 98 valence electrons. The Labute approximate surface area is 124 Å². The Morgan fingerprint density at radius 2 is 2.21 bits per heavy atom. The average molecular weight is 310 g/mol. The van der Waals surface area contributed by atoms with Crippen molar-refractivity contribution < 1.29 is 0 Å². The summed E-state index contributed by atoms with van der Waals surface area (Å²) < 4.78 is 1.03. The van der Waals surface area contributed by atoms with Crippen molar-refractivity contribution in [1.82, 2.24) is 9.97 Å². The van der Waals surface area contributed by atoms with Crippen LogP contribution in [0, 0.1) is 0 Å². The molecule has 0 amide bonds. The molecular formula is C13H12ClN3S2. The quantitative estimate of drug-likeness (QED) is 0.766. The van der Waals surface area contributed by atoms with Crippen molar-refractivity contribution in [3.8, 4) is 0 Å². The molecule has 0 saturated carbocycles. The molecule has 3 nitrogen and oxygen atoms in total. The van der Waals surface area contributed by atoms with E-state index in [0.29, 0.717) is 6.54 Å². The van der Waals surface area contributed by atoms with Gasteiger partial charge in [-0.1, -0.05) is 35.9 Å². The number of anilines is 1. The van der Waals surface area contributed by atoms with Gasteiger partial charge in [-0.3, -0.25) is 0 Å². The van der Waals surface area contributed by atoms with E-state index in [9.17, 15) is 0 Å². The summed E-state index contributed by atoms with van der Waals surface area (Å²) in [6, 6.07) is 5.78. The predicted molar refractivity (Wildman–Crippen MR) is 83.4 cm³/mol. The number of nitrogens with one attached hydrogen (secondary N) is 1. The largest absolute Gasteiger partial charge is 0.355 e. The predicted octanol–water partition coefficient (Wildman–Crippen LogP) is 4.58. The summed E-state index contributed by atoms with van der Waals surface area (Å²) in [6.45, 7) is 2.85. The molecule has 0 spiro atoms. The van der Waals surface area contributed by atoms with E-state index >= 15 is 0 Å². The third-order valence-electron chi connectivity index (χ3n) is 2.71. The first-order chi connectivity index (χ1) is 9.26. The maximum Gasteiger partial charge on any atom is 0.184 e. The fourth-order valence-electron chi connectivity index (χ4n) is 1.74. The van der Waals surface area contributed by atoms with Crippen LogP contribution >= 0.6 is 34.3 Å². The number of aromatic nitrogens is 2. The van der Waals surface area contributed by atoms with Crippen molar-refractivity contribution in [3.63, 3.8) is 0 Å². The van der Waals surface area contributed by atoms with Gasteiger partial charge in [0.2, 0.25) is 0 Å². The van der Waals surface area contributed by atoms with Crippen molar-refractivity contribution in [2.45, 2.75) is 19.9 Å². The maximum absolute atomic E-state index is 6.14. The van der Waals surface area contributed by atoms with Crippen molar-refractivity contribution in [1.29, 1.82) is 0 Å². The molecule has 0 fully saturated rings. The van der Waals surface area contributed by atoms with E-state index in [2.05, 4.69) is 22.2 Å². The molecule has 0 atom stereocenters. The molecule has 0 aliphatic carbocycles. The maximum atomic E-state index is 6.14. The molecule has 0 unspecified atom stereocenters. The highest BCUT2D eigenvalue weighted by molar-refractivity contribution is 7.22. The zero-order valence-corrected chi connectivity index (χ0v) is 12.7. The Kier molecular flexibility index (Phi) is 3.68. The Hall–Kier alpha value is -1.17. The van der Waals surface area contributed by atoms with Gasteiger partial charge < -0.3 is 5.32 Å². The molecule has 1 aromatic carbocycles. The van der Waals surface area contributed by atoms with E-state index in [1.54, 1.807) is 22.7 Å². The number of fused-ring (bicyclic) bond motifs is 1. The van der Waals surface area contributed by atoms with Crippen LogP contribution in [-0.4, -0.2) is 9.97 Å². The summed E-state index contributed by atoms with van der Waals surface area (Å²) in [5, 5.41) is 6.04. The first kappa shape index (κ1) is 12.8. The van der Waals surface area contributed by atoms with Crippen molar-refractivity contribution in [2.75, 3.05) is 5.32 Å². The molecule has 3 rings (SSSR count). The van der Waals surface area contributed by atoms with Crippen LogP contribution in [0.4, 0.5) is 5.13 Å². The number of halogens is 1. The van der Waals surface area contributed by atoms with Crippen LogP contribution in [0.5, 0.6) is 0 Å². The molecule has 0 aliphatic rings. The van der Waals surface area contributed by atoms with E-state index in [1.165, 1.54) is 4.88 Å². The zero-order chi connectivity index (χ0) is 13.2. The lowest BCUT2D eigenvalue weighted by Gasteiger charge is -1.97. The smallest absolute Gasteiger partial charge is 0.184 e. The Balaban J connectivity index is 1.76. The lowest BCUT2D eigenvalue weighted by atomic mass is 10.3. The van der Waals surface area contributed by atoms with Gasteiger partial charge in [0.1, 0.15) is 5.01 Å². The summed E-state index contributed by atoms with van der Waals surface area (Å²) in [4.78, 5) is 10.2. The molecular weight excluding hydrogens is 298 g/mol. The molecule has 2 heterocycles. The van der Waals surface area contributed by atoms with Gasteiger partial charge in [-0.2, -0.15) is 0 Å². The SMILES string of the molecule is CCc1cnc(CNc2nc3cccc(Cl)c3s2)s1. The van der Waals surface area contributed by atoms with E-state index in [-0.39, 0.29) is 0 Å². The zero-order valence-electron chi connectivity index (χ0n) is 10.3. The summed E-state index contributed by atoms with van der Waals surface area (Å²) >= 11 is 9.46. The van der Waals surface area contributed by atoms with Crippen molar-refractivity contribution >= 4 is 49.6 Å². The van der Waals surface area contributed by atoms with Crippen LogP contribution in [0.3, 0.4) is 0 Å². The highest BCUT2D eigenvalue weighted by Gasteiger charge is 2.07. The molecule has 0 bridgehead atoms. The minimum Gasteiger partial charge on any atom is -0.355 e. The summed E-state index contributed by atoms with van der Waals surface area (Å²) in [7, 11) is 0. The minimum atomic E-state index is 0.710. The molecule has 2 aromatic heterocycles. The third-order valence-corrected chi connectivity index (χ3v) is 5.34. The standard InChI is InChI=1S/C13H12ClN3S2/c1-2-8-6-15-11(18-8)7-16-13-17-10-5-3-4-9(14)12(10)19-13/h3-6H,2,7H2,1H3,(H,16,17). The first-order valence-corrected chi connectivity index (χ1v) is 8.00. The number of rotatable bonds is 4. The van der Waals surface area contributed by atoms with Gasteiger partial charge in [-0.05, 0) is 18.6 Å². The van der Waals surface area contributed by atoms with Crippen LogP contribution in [0.15, 0.2) is 24.4 Å².